The lowest BCUT2D eigenvalue weighted by atomic mass is 9.78. The Hall–Kier alpha value is -1.44. The molecular formula is C21H32O2. The molecule has 2 rings (SSSR count). The molecule has 0 spiro atoms. The number of allylic oxidation sites excluding steroid dienone is 2. The van der Waals surface area contributed by atoms with Crippen LogP contribution in [0.15, 0.2) is 24.3 Å². The van der Waals surface area contributed by atoms with Gasteiger partial charge >= 0.3 is 0 Å². The number of unbranched alkanes of at least 4 members (excludes halogenated alkanes) is 3. The van der Waals surface area contributed by atoms with Gasteiger partial charge in [0.15, 0.2) is 0 Å². The number of hydrogen-bond acceptors (Lipinski definition) is 2. The number of rotatable bonds is 7. The van der Waals surface area contributed by atoms with Crippen LogP contribution < -0.4 is 0 Å². The topological polar surface area (TPSA) is 40.5 Å². The first-order chi connectivity index (χ1) is 11.0. The minimum Gasteiger partial charge on any atom is -0.507 e. The van der Waals surface area contributed by atoms with Crippen LogP contribution in [-0.2, 0) is 5.41 Å². The van der Waals surface area contributed by atoms with E-state index in [0.29, 0.717) is 5.56 Å². The maximum atomic E-state index is 10.5. The average molecular weight is 316 g/mol. The van der Waals surface area contributed by atoms with Crippen molar-refractivity contribution >= 4 is 0 Å². The van der Waals surface area contributed by atoms with Gasteiger partial charge in [0.1, 0.15) is 11.5 Å². The van der Waals surface area contributed by atoms with Crippen molar-refractivity contribution in [3.8, 4) is 11.5 Å². The number of hydrogen-bond donors (Lipinski definition) is 2. The zero-order chi connectivity index (χ0) is 16.9. The van der Waals surface area contributed by atoms with Crippen LogP contribution in [0.1, 0.15) is 89.2 Å². The van der Waals surface area contributed by atoms with Crippen molar-refractivity contribution in [1.82, 2.24) is 0 Å². The van der Waals surface area contributed by atoms with Crippen LogP contribution in [0.5, 0.6) is 11.5 Å². The highest BCUT2D eigenvalue weighted by Crippen LogP contribution is 2.43. The summed E-state index contributed by atoms with van der Waals surface area (Å²) in [5, 5.41) is 21.0. The Morgan fingerprint density at radius 3 is 2.35 bits per heavy atom. The monoisotopic (exact) mass is 316 g/mol. The van der Waals surface area contributed by atoms with Gasteiger partial charge in [-0.15, -0.1) is 0 Å². The smallest absolute Gasteiger partial charge is 0.123 e. The van der Waals surface area contributed by atoms with Crippen LogP contribution in [0, 0.1) is 0 Å². The summed E-state index contributed by atoms with van der Waals surface area (Å²) >= 11 is 0. The first-order valence-corrected chi connectivity index (χ1v) is 9.18. The molecule has 128 valence electrons. The average Bonchev–Trinajstić information content (AvgIpc) is 2.52. The second-order valence-corrected chi connectivity index (χ2v) is 7.59. The van der Waals surface area contributed by atoms with E-state index < -0.39 is 0 Å². The number of phenolic OH excluding ortho intramolecular Hbond substituents is 2. The van der Waals surface area contributed by atoms with Crippen molar-refractivity contribution < 1.29 is 10.2 Å². The molecule has 0 aliphatic heterocycles. The predicted octanol–water partition coefficient (Wildman–Crippen LogP) is 6.17. The molecule has 1 aliphatic carbocycles. The Morgan fingerprint density at radius 1 is 1.09 bits per heavy atom. The Bertz CT molecular complexity index is 520. The highest BCUT2D eigenvalue weighted by Gasteiger charge is 2.25. The van der Waals surface area contributed by atoms with Gasteiger partial charge in [-0.1, -0.05) is 58.6 Å². The van der Waals surface area contributed by atoms with Crippen LogP contribution in [0.25, 0.3) is 0 Å². The van der Waals surface area contributed by atoms with Crippen molar-refractivity contribution in [3.05, 3.63) is 35.4 Å². The minimum absolute atomic E-state index is 0.0242. The summed E-state index contributed by atoms with van der Waals surface area (Å²) in [7, 11) is 0. The summed E-state index contributed by atoms with van der Waals surface area (Å²) in [6.07, 6.45) is 13.5. The van der Waals surface area contributed by atoms with Gasteiger partial charge in [0.25, 0.3) is 0 Å². The summed E-state index contributed by atoms with van der Waals surface area (Å²) in [4.78, 5) is 0. The van der Waals surface area contributed by atoms with Gasteiger partial charge in [0, 0.05) is 11.5 Å². The molecule has 1 aliphatic rings. The highest BCUT2D eigenvalue weighted by atomic mass is 16.3. The molecule has 0 heterocycles. The van der Waals surface area contributed by atoms with Gasteiger partial charge in [-0.3, -0.25) is 0 Å². The lowest BCUT2D eigenvalue weighted by Crippen LogP contribution is -2.17. The van der Waals surface area contributed by atoms with Crippen LogP contribution >= 0.6 is 0 Å². The lowest BCUT2D eigenvalue weighted by molar-refractivity contribution is 0.412. The SMILES string of the molecule is CCCCCCC(C)(C)c1cc(O)c(C2C=CCCC2)c(O)c1. The van der Waals surface area contributed by atoms with Crippen molar-refractivity contribution in [3.63, 3.8) is 0 Å². The first-order valence-electron chi connectivity index (χ1n) is 9.18. The van der Waals surface area contributed by atoms with E-state index in [0.717, 1.165) is 31.2 Å². The van der Waals surface area contributed by atoms with Gasteiger partial charge in [-0.05, 0) is 48.8 Å². The molecule has 0 saturated heterocycles. The summed E-state index contributed by atoms with van der Waals surface area (Å²) in [6.45, 7) is 6.63. The standard InChI is InChI=1S/C21H32O2/c1-4-5-6-10-13-21(2,3)17-14-18(22)20(19(23)15-17)16-11-8-7-9-12-16/h8,11,14-16,22-23H,4-7,9-10,12-13H2,1-3H3. The fourth-order valence-electron chi connectivity index (χ4n) is 3.58. The van der Waals surface area contributed by atoms with Gasteiger partial charge in [0.05, 0.1) is 0 Å². The number of aromatic hydroxyl groups is 2. The van der Waals surface area contributed by atoms with E-state index in [2.05, 4.69) is 32.9 Å². The predicted molar refractivity (Wildman–Crippen MR) is 97.3 cm³/mol. The third-order valence-electron chi connectivity index (χ3n) is 5.20. The molecule has 1 aromatic rings. The molecule has 0 fully saturated rings. The normalized spacial score (nSPS) is 18.3. The van der Waals surface area contributed by atoms with Crippen molar-refractivity contribution in [1.29, 1.82) is 0 Å². The molecule has 2 heteroatoms. The van der Waals surface area contributed by atoms with E-state index in [1.165, 1.54) is 25.7 Å². The molecule has 23 heavy (non-hydrogen) atoms. The van der Waals surface area contributed by atoms with Crippen LogP contribution in [0.3, 0.4) is 0 Å². The third-order valence-corrected chi connectivity index (χ3v) is 5.20. The fourth-order valence-corrected chi connectivity index (χ4v) is 3.58. The number of phenols is 2. The number of benzene rings is 1. The van der Waals surface area contributed by atoms with Crippen molar-refractivity contribution in [2.75, 3.05) is 0 Å². The molecule has 2 nitrogen and oxygen atoms in total. The van der Waals surface area contributed by atoms with E-state index in [1.54, 1.807) is 0 Å². The largest absolute Gasteiger partial charge is 0.507 e. The molecule has 1 aromatic carbocycles. The lowest BCUT2D eigenvalue weighted by Gasteiger charge is -2.27. The minimum atomic E-state index is -0.0242. The Balaban J connectivity index is 2.17. The van der Waals surface area contributed by atoms with Gasteiger partial charge < -0.3 is 10.2 Å². The first kappa shape index (κ1) is 17.9. The summed E-state index contributed by atoms with van der Waals surface area (Å²) in [5.74, 6) is 0.641. The summed E-state index contributed by atoms with van der Waals surface area (Å²) in [6, 6.07) is 3.74. The summed E-state index contributed by atoms with van der Waals surface area (Å²) in [5.41, 5.74) is 1.71. The van der Waals surface area contributed by atoms with Crippen LogP contribution in [0.4, 0.5) is 0 Å². The van der Waals surface area contributed by atoms with Crippen LogP contribution in [-0.4, -0.2) is 10.2 Å². The maximum absolute atomic E-state index is 10.5. The zero-order valence-corrected chi connectivity index (χ0v) is 14.9. The van der Waals surface area contributed by atoms with E-state index in [1.807, 2.05) is 12.1 Å². The van der Waals surface area contributed by atoms with E-state index in [-0.39, 0.29) is 22.8 Å². The van der Waals surface area contributed by atoms with Gasteiger partial charge in [-0.2, -0.15) is 0 Å². The second-order valence-electron chi connectivity index (χ2n) is 7.59. The van der Waals surface area contributed by atoms with Crippen molar-refractivity contribution in [2.45, 2.75) is 83.5 Å². The highest BCUT2D eigenvalue weighted by molar-refractivity contribution is 5.51. The van der Waals surface area contributed by atoms with E-state index >= 15 is 0 Å². The molecule has 1 unspecified atom stereocenters. The van der Waals surface area contributed by atoms with E-state index in [9.17, 15) is 10.2 Å². The second kappa shape index (κ2) is 7.90. The molecule has 0 saturated carbocycles. The van der Waals surface area contributed by atoms with E-state index in [4.69, 9.17) is 0 Å². The van der Waals surface area contributed by atoms with Gasteiger partial charge in [0.2, 0.25) is 0 Å². The van der Waals surface area contributed by atoms with Crippen molar-refractivity contribution in [2.24, 2.45) is 0 Å². The Morgan fingerprint density at radius 2 is 1.78 bits per heavy atom. The molecule has 0 bridgehead atoms. The molecule has 0 aromatic heterocycles. The molecular weight excluding hydrogens is 284 g/mol. The van der Waals surface area contributed by atoms with Gasteiger partial charge in [-0.25, -0.2) is 0 Å². The fraction of sp³-hybridized carbons (Fsp3) is 0.619. The zero-order valence-electron chi connectivity index (χ0n) is 14.9. The molecule has 0 amide bonds. The maximum Gasteiger partial charge on any atom is 0.123 e. The summed E-state index contributed by atoms with van der Waals surface area (Å²) < 4.78 is 0. The van der Waals surface area contributed by atoms with Crippen LogP contribution in [0.2, 0.25) is 0 Å². The molecule has 1 atom stereocenters. The Kier molecular flexibility index (Phi) is 6.15. The molecule has 0 radical (unpaired) electrons. The molecule has 2 N–H and O–H groups in total. The Labute approximate surface area is 141 Å². The third kappa shape index (κ3) is 4.53. The quantitative estimate of drug-likeness (QED) is 0.466.